The first-order valence-electron chi connectivity index (χ1n) is 6.93. The summed E-state index contributed by atoms with van der Waals surface area (Å²) in [6.45, 7) is 7.61. The second-order valence-electron chi connectivity index (χ2n) is 6.69. The van der Waals surface area contributed by atoms with Crippen LogP contribution in [-0.2, 0) is 9.53 Å². The largest absolute Gasteiger partial charge is 0.379 e. The van der Waals surface area contributed by atoms with Crippen molar-refractivity contribution in [3.8, 4) is 0 Å². The summed E-state index contributed by atoms with van der Waals surface area (Å²) in [7, 11) is 0. The Morgan fingerprint density at radius 3 is 2.53 bits per heavy atom. The predicted molar refractivity (Wildman–Crippen MR) is 65.6 cm³/mol. The van der Waals surface area contributed by atoms with Crippen LogP contribution in [0.5, 0.6) is 0 Å². The average molecular weight is 237 g/mol. The smallest absolute Gasteiger partial charge is 0.233 e. The number of nitrogens with zero attached hydrogens (tertiary/aromatic N) is 1. The van der Waals surface area contributed by atoms with Crippen LogP contribution >= 0.6 is 0 Å². The summed E-state index contributed by atoms with van der Waals surface area (Å²) < 4.78 is 5.22. The molecule has 3 aliphatic rings. The van der Waals surface area contributed by atoms with Crippen LogP contribution in [0, 0.1) is 16.7 Å². The Morgan fingerprint density at radius 2 is 2.06 bits per heavy atom. The number of hydrogen-bond acceptors (Lipinski definition) is 2. The number of likely N-dealkylation sites (tertiary alicyclic amines) is 1. The average Bonchev–Trinajstić information content (AvgIpc) is 2.23. The highest BCUT2D eigenvalue weighted by atomic mass is 16.5. The molecular formula is C14H23NO2. The third-order valence-electron chi connectivity index (χ3n) is 5.38. The Bertz CT molecular complexity index is 331. The van der Waals surface area contributed by atoms with Gasteiger partial charge in [-0.05, 0) is 37.5 Å². The van der Waals surface area contributed by atoms with E-state index in [4.69, 9.17) is 4.74 Å². The Kier molecular flexibility index (Phi) is 2.51. The molecule has 1 atom stereocenters. The number of hydrogen-bond donors (Lipinski definition) is 0. The molecule has 3 nitrogen and oxygen atoms in total. The number of ether oxygens (including phenoxy) is 1. The summed E-state index contributed by atoms with van der Waals surface area (Å²) >= 11 is 0. The van der Waals surface area contributed by atoms with E-state index in [1.807, 2.05) is 6.92 Å². The zero-order valence-corrected chi connectivity index (χ0v) is 11.0. The number of carbonyl (C=O) groups is 1. The molecular weight excluding hydrogens is 214 g/mol. The van der Waals surface area contributed by atoms with E-state index in [2.05, 4.69) is 11.8 Å². The van der Waals surface area contributed by atoms with Crippen molar-refractivity contribution < 1.29 is 9.53 Å². The van der Waals surface area contributed by atoms with E-state index in [9.17, 15) is 4.79 Å². The van der Waals surface area contributed by atoms with E-state index in [0.717, 1.165) is 19.0 Å². The molecule has 1 spiro atoms. The van der Waals surface area contributed by atoms with Gasteiger partial charge in [0.15, 0.2) is 0 Å². The van der Waals surface area contributed by atoms with E-state index >= 15 is 0 Å². The minimum Gasteiger partial charge on any atom is -0.379 e. The summed E-state index contributed by atoms with van der Waals surface area (Å²) in [5.74, 6) is 1.13. The maximum absolute atomic E-state index is 12.5. The van der Waals surface area contributed by atoms with Crippen LogP contribution in [0.3, 0.4) is 0 Å². The second-order valence-corrected chi connectivity index (χ2v) is 6.69. The highest BCUT2D eigenvalue weighted by Crippen LogP contribution is 2.51. The van der Waals surface area contributed by atoms with E-state index in [0.29, 0.717) is 24.5 Å². The summed E-state index contributed by atoms with van der Waals surface area (Å²) in [4.78, 5) is 14.6. The Balaban J connectivity index is 1.70. The molecule has 1 aliphatic carbocycles. The highest BCUT2D eigenvalue weighted by Gasteiger charge is 2.50. The third-order valence-corrected chi connectivity index (χ3v) is 5.38. The minimum absolute atomic E-state index is 0.217. The van der Waals surface area contributed by atoms with E-state index in [-0.39, 0.29) is 5.41 Å². The first kappa shape index (κ1) is 11.5. The highest BCUT2D eigenvalue weighted by molar-refractivity contribution is 5.83. The van der Waals surface area contributed by atoms with Gasteiger partial charge in [-0.25, -0.2) is 0 Å². The van der Waals surface area contributed by atoms with Gasteiger partial charge in [-0.3, -0.25) is 4.79 Å². The maximum atomic E-state index is 12.5. The van der Waals surface area contributed by atoms with Gasteiger partial charge in [0.05, 0.1) is 18.6 Å². The fourth-order valence-electron chi connectivity index (χ4n) is 3.64. The number of piperidine rings is 1. The molecule has 0 aromatic carbocycles. The Labute approximate surface area is 104 Å². The van der Waals surface area contributed by atoms with E-state index < -0.39 is 0 Å². The van der Waals surface area contributed by atoms with Crippen molar-refractivity contribution in [3.63, 3.8) is 0 Å². The minimum atomic E-state index is -0.217. The Hall–Kier alpha value is -0.570. The maximum Gasteiger partial charge on any atom is 0.233 e. The van der Waals surface area contributed by atoms with Crippen molar-refractivity contribution in [2.75, 3.05) is 26.3 Å². The van der Waals surface area contributed by atoms with Gasteiger partial charge < -0.3 is 9.64 Å². The summed E-state index contributed by atoms with van der Waals surface area (Å²) in [5.41, 5.74) is 0.250. The van der Waals surface area contributed by atoms with Crippen LogP contribution in [0.1, 0.15) is 39.5 Å². The normalized spacial score (nSPS) is 34.0. The van der Waals surface area contributed by atoms with Gasteiger partial charge in [0.2, 0.25) is 5.91 Å². The van der Waals surface area contributed by atoms with Crippen LogP contribution < -0.4 is 0 Å². The monoisotopic (exact) mass is 237 g/mol. The molecule has 0 aromatic heterocycles. The zero-order valence-electron chi connectivity index (χ0n) is 11.0. The topological polar surface area (TPSA) is 29.5 Å². The van der Waals surface area contributed by atoms with Gasteiger partial charge in [-0.1, -0.05) is 13.3 Å². The number of rotatable bonds is 1. The standard InChI is InChI=1S/C14H23NO2/c1-11-4-7-15(8-14(11)5-3-6-14)12(16)13(2)9-17-10-13/h11H,3-10H2,1-2H3. The summed E-state index contributed by atoms with van der Waals surface area (Å²) in [6, 6.07) is 0. The van der Waals surface area contributed by atoms with Crippen molar-refractivity contribution in [1.82, 2.24) is 4.90 Å². The molecule has 1 amide bonds. The van der Waals surface area contributed by atoms with E-state index in [1.165, 1.54) is 25.7 Å². The molecule has 0 N–H and O–H groups in total. The van der Waals surface area contributed by atoms with Gasteiger partial charge in [0.25, 0.3) is 0 Å². The molecule has 3 heteroatoms. The molecule has 2 aliphatic heterocycles. The lowest BCUT2D eigenvalue weighted by Gasteiger charge is -2.54. The zero-order chi connectivity index (χ0) is 12.1. The Morgan fingerprint density at radius 1 is 1.35 bits per heavy atom. The van der Waals surface area contributed by atoms with Gasteiger partial charge >= 0.3 is 0 Å². The predicted octanol–water partition coefficient (Wildman–Crippen LogP) is 2.06. The SMILES string of the molecule is CC1CCN(C(=O)C2(C)COC2)CC12CCC2. The lowest BCUT2D eigenvalue weighted by atomic mass is 9.59. The van der Waals surface area contributed by atoms with Gasteiger partial charge in [0, 0.05) is 13.1 Å². The van der Waals surface area contributed by atoms with Crippen molar-refractivity contribution in [1.29, 1.82) is 0 Å². The van der Waals surface area contributed by atoms with Crippen molar-refractivity contribution >= 4 is 5.91 Å². The van der Waals surface area contributed by atoms with Crippen LogP contribution in [0.25, 0.3) is 0 Å². The fourth-order valence-corrected chi connectivity index (χ4v) is 3.64. The molecule has 1 unspecified atom stereocenters. The first-order chi connectivity index (χ1) is 8.06. The molecule has 3 rings (SSSR count). The number of carbonyl (C=O) groups excluding carboxylic acids is 1. The van der Waals surface area contributed by atoms with Crippen molar-refractivity contribution in [2.24, 2.45) is 16.7 Å². The van der Waals surface area contributed by atoms with E-state index in [1.54, 1.807) is 0 Å². The number of amides is 1. The quantitative estimate of drug-likeness (QED) is 0.698. The third kappa shape index (κ3) is 1.62. The molecule has 0 radical (unpaired) electrons. The van der Waals surface area contributed by atoms with Crippen LogP contribution in [0.4, 0.5) is 0 Å². The molecule has 2 heterocycles. The van der Waals surface area contributed by atoms with Gasteiger partial charge in [-0.2, -0.15) is 0 Å². The molecule has 3 fully saturated rings. The molecule has 96 valence electrons. The van der Waals surface area contributed by atoms with Gasteiger partial charge in [0.1, 0.15) is 0 Å². The molecule has 17 heavy (non-hydrogen) atoms. The van der Waals surface area contributed by atoms with Crippen molar-refractivity contribution in [3.05, 3.63) is 0 Å². The first-order valence-corrected chi connectivity index (χ1v) is 6.93. The molecule has 0 aromatic rings. The molecule has 1 saturated carbocycles. The van der Waals surface area contributed by atoms with Crippen LogP contribution in [-0.4, -0.2) is 37.1 Å². The summed E-state index contributed by atoms with van der Waals surface area (Å²) in [6.07, 6.45) is 5.19. The molecule has 2 saturated heterocycles. The van der Waals surface area contributed by atoms with Crippen molar-refractivity contribution in [2.45, 2.75) is 39.5 Å². The second kappa shape index (κ2) is 3.71. The molecule has 0 bridgehead atoms. The van der Waals surface area contributed by atoms with Crippen LogP contribution in [0.2, 0.25) is 0 Å². The fraction of sp³-hybridized carbons (Fsp3) is 0.929. The van der Waals surface area contributed by atoms with Gasteiger partial charge in [-0.15, -0.1) is 0 Å². The van der Waals surface area contributed by atoms with Crippen LogP contribution in [0.15, 0.2) is 0 Å². The lowest BCUT2D eigenvalue weighted by molar-refractivity contribution is -0.175. The lowest BCUT2D eigenvalue weighted by Crippen LogP contribution is -2.59. The summed E-state index contributed by atoms with van der Waals surface area (Å²) in [5, 5.41) is 0.